The number of aliphatic hydroxyl groups excluding tert-OH is 3. The van der Waals surface area contributed by atoms with Gasteiger partial charge in [-0.2, -0.15) is 16.8 Å². The molecular weight excluding hydrogens is 338 g/mol. The smallest absolute Gasteiger partial charge is 0.217 e. The van der Waals surface area contributed by atoms with Crippen molar-refractivity contribution in [3.8, 4) is 0 Å². The molecule has 0 spiro atoms. The second kappa shape index (κ2) is 11.2. The number of carbonyl (C=O) groups excluding carboxylic acids is 1. The van der Waals surface area contributed by atoms with Gasteiger partial charge in [0.15, 0.2) is 6.23 Å². The van der Waals surface area contributed by atoms with Crippen molar-refractivity contribution < 1.29 is 29.7 Å². The van der Waals surface area contributed by atoms with Crippen LogP contribution in [0.15, 0.2) is 0 Å². The molecule has 1 rings (SSSR count). The number of carbonyl (C=O) groups is 1. The fraction of sp³-hybridized carbons (Fsp3) is 0.929. The van der Waals surface area contributed by atoms with Crippen molar-refractivity contribution in [3.05, 3.63) is 0 Å². The van der Waals surface area contributed by atoms with Crippen LogP contribution in [0.5, 0.6) is 0 Å². The van der Waals surface area contributed by atoms with Crippen molar-refractivity contribution in [2.45, 2.75) is 43.9 Å². The molecule has 0 bridgehead atoms. The average molecular weight is 367 g/mol. The van der Waals surface area contributed by atoms with Gasteiger partial charge >= 0.3 is 0 Å². The molecule has 0 saturated carbocycles. The Bertz CT molecular complexity index is 378. The Hall–Kier alpha value is -0.460. The van der Waals surface area contributed by atoms with Gasteiger partial charge in [0.05, 0.1) is 19.8 Å². The van der Waals surface area contributed by atoms with E-state index >= 15 is 0 Å². The maximum absolute atomic E-state index is 11.4. The van der Waals surface area contributed by atoms with Crippen LogP contribution < -0.4 is 11.1 Å². The molecule has 1 saturated heterocycles. The van der Waals surface area contributed by atoms with Gasteiger partial charge in [0, 0.05) is 25.8 Å². The molecule has 24 heavy (non-hydrogen) atoms. The number of aliphatic hydroxyl groups is 3. The lowest BCUT2D eigenvalue weighted by atomic mass is 9.95. The van der Waals surface area contributed by atoms with Crippen LogP contribution in [0.2, 0.25) is 0 Å². The van der Waals surface area contributed by atoms with Crippen LogP contribution >= 0.6 is 11.8 Å². The van der Waals surface area contributed by atoms with Crippen molar-refractivity contribution >= 4 is 17.7 Å². The molecule has 1 heterocycles. The summed E-state index contributed by atoms with van der Waals surface area (Å²) in [6.45, 7) is 1.98. The maximum atomic E-state index is 11.4. The van der Waals surface area contributed by atoms with E-state index in [2.05, 4.69) is 5.32 Å². The number of rotatable bonds is 10. The Kier molecular flexibility index (Phi) is 10.1. The first-order valence-corrected chi connectivity index (χ1v) is 9.09. The summed E-state index contributed by atoms with van der Waals surface area (Å²) in [7, 11) is 1.46. The summed E-state index contributed by atoms with van der Waals surface area (Å²) < 4.78 is 5.66. The first-order valence-electron chi connectivity index (χ1n) is 7.94. The lowest BCUT2D eigenvalue weighted by Gasteiger charge is -2.45. The van der Waals surface area contributed by atoms with Crippen LogP contribution in [0.1, 0.15) is 13.3 Å². The number of amides is 1. The van der Waals surface area contributed by atoms with Crippen LogP contribution in [0.4, 0.5) is 0 Å². The van der Waals surface area contributed by atoms with E-state index in [-0.39, 0.29) is 5.91 Å². The zero-order valence-electron chi connectivity index (χ0n) is 14.1. The van der Waals surface area contributed by atoms with Crippen molar-refractivity contribution in [1.29, 1.82) is 0 Å². The minimum atomic E-state index is -1.30. The molecule has 5 atom stereocenters. The molecule has 0 unspecified atom stereocenters. The van der Waals surface area contributed by atoms with Gasteiger partial charge in [0.2, 0.25) is 5.91 Å². The van der Waals surface area contributed by atoms with Crippen LogP contribution in [0, 0.1) is 0 Å². The highest BCUT2D eigenvalue weighted by molar-refractivity contribution is 7.99. The summed E-state index contributed by atoms with van der Waals surface area (Å²) >= 11 is 1.72. The van der Waals surface area contributed by atoms with Gasteiger partial charge in [-0.05, 0) is 12.2 Å². The Morgan fingerprint density at radius 2 is 2.08 bits per heavy atom. The van der Waals surface area contributed by atoms with Gasteiger partial charge in [-0.25, -0.2) is 0 Å². The molecular formula is C14H29N3O6S. The molecule has 0 aromatic heterocycles. The summed E-state index contributed by atoms with van der Waals surface area (Å²) in [4.78, 5) is 16.8. The molecule has 0 aliphatic carbocycles. The number of nitrogens with two attached hydrogens (primary N) is 1. The molecule has 0 aromatic rings. The van der Waals surface area contributed by atoms with E-state index in [1.807, 2.05) is 0 Å². The van der Waals surface area contributed by atoms with E-state index in [0.29, 0.717) is 13.1 Å². The molecule has 142 valence electrons. The van der Waals surface area contributed by atoms with Gasteiger partial charge in [0.25, 0.3) is 0 Å². The minimum absolute atomic E-state index is 0.364. The minimum Gasteiger partial charge on any atom is -0.394 e. The van der Waals surface area contributed by atoms with Crippen molar-refractivity contribution in [1.82, 2.24) is 10.4 Å². The summed E-state index contributed by atoms with van der Waals surface area (Å²) in [6.07, 6.45) is -3.59. The fourth-order valence-corrected chi connectivity index (χ4v) is 3.27. The lowest BCUT2D eigenvalue weighted by Crippen LogP contribution is -2.67. The van der Waals surface area contributed by atoms with Crippen LogP contribution in [-0.4, -0.2) is 95.2 Å². The Balaban J connectivity index is 2.76. The maximum Gasteiger partial charge on any atom is 0.217 e. The molecule has 0 aromatic carbocycles. The first kappa shape index (κ1) is 21.6. The zero-order chi connectivity index (χ0) is 18.1. The topological polar surface area (TPSA) is 138 Å². The number of thioether (sulfide) groups is 1. The largest absolute Gasteiger partial charge is 0.394 e. The first-order chi connectivity index (χ1) is 11.5. The van der Waals surface area contributed by atoms with E-state index in [0.717, 1.165) is 17.9 Å². The second-order valence-electron chi connectivity index (χ2n) is 5.53. The van der Waals surface area contributed by atoms with Gasteiger partial charge in [-0.15, -0.1) is 0 Å². The van der Waals surface area contributed by atoms with E-state index < -0.39 is 37.2 Å². The molecule has 9 nitrogen and oxygen atoms in total. The Labute approximate surface area is 146 Å². The second-order valence-corrected chi connectivity index (χ2v) is 6.76. The van der Waals surface area contributed by atoms with Crippen LogP contribution in [-0.2, 0) is 14.4 Å². The predicted octanol–water partition coefficient (Wildman–Crippen LogP) is -2.12. The quantitative estimate of drug-likeness (QED) is 0.217. The van der Waals surface area contributed by atoms with E-state index in [9.17, 15) is 20.1 Å². The summed E-state index contributed by atoms with van der Waals surface area (Å²) in [5, 5.41) is 33.7. The number of hydrogen-bond donors (Lipinski definition) is 5. The van der Waals surface area contributed by atoms with Crippen LogP contribution in [0.3, 0.4) is 0 Å². The lowest BCUT2D eigenvalue weighted by molar-refractivity contribution is -0.304. The molecule has 1 aliphatic rings. The molecule has 1 aliphatic heterocycles. The monoisotopic (exact) mass is 367 g/mol. The van der Waals surface area contributed by atoms with Crippen molar-refractivity contribution in [2.75, 3.05) is 38.3 Å². The third kappa shape index (κ3) is 6.12. The highest BCUT2D eigenvalue weighted by Gasteiger charge is 2.47. The van der Waals surface area contributed by atoms with Gasteiger partial charge < -0.3 is 31.1 Å². The van der Waals surface area contributed by atoms with Crippen molar-refractivity contribution in [2.24, 2.45) is 5.73 Å². The zero-order valence-corrected chi connectivity index (χ0v) is 14.9. The number of nitrogens with zero attached hydrogens (tertiary/aromatic N) is 1. The van der Waals surface area contributed by atoms with E-state index in [1.165, 1.54) is 19.1 Å². The molecule has 6 N–H and O–H groups in total. The summed E-state index contributed by atoms with van der Waals surface area (Å²) in [5.41, 5.74) is 5.45. The summed E-state index contributed by atoms with van der Waals surface area (Å²) in [5.74, 6) is 1.39. The fourth-order valence-electron chi connectivity index (χ4n) is 2.56. The van der Waals surface area contributed by atoms with E-state index in [4.69, 9.17) is 15.3 Å². The molecule has 0 radical (unpaired) electrons. The Morgan fingerprint density at radius 1 is 1.38 bits per heavy atom. The number of nitrogens with one attached hydrogen (secondary N) is 1. The molecule has 10 heteroatoms. The average Bonchev–Trinajstić information content (AvgIpc) is 2.56. The van der Waals surface area contributed by atoms with Gasteiger partial charge in [-0.3, -0.25) is 9.63 Å². The Morgan fingerprint density at radius 3 is 2.62 bits per heavy atom. The highest BCUT2D eigenvalue weighted by Crippen LogP contribution is 2.24. The van der Waals surface area contributed by atoms with Gasteiger partial charge in [0.1, 0.15) is 18.3 Å². The number of hydrogen-bond acceptors (Lipinski definition) is 9. The van der Waals surface area contributed by atoms with Gasteiger partial charge in [-0.1, -0.05) is 0 Å². The normalized spacial score (nSPS) is 30.5. The van der Waals surface area contributed by atoms with Crippen LogP contribution in [0.25, 0.3) is 0 Å². The van der Waals surface area contributed by atoms with Crippen molar-refractivity contribution in [3.63, 3.8) is 0 Å². The standard InChI is InChI=1S/C14H29N3O6S/c1-9(19)16-11-13(21)12(20)10(8-18)23-14(11)17(22-2)5-3-6-24-7-4-15/h10-14,18,20-21H,3-8,15H2,1-2H3,(H,16,19)/t10-,11-,12-,13-,14-/m1/s1. The predicted molar refractivity (Wildman–Crippen MR) is 90.1 cm³/mol. The molecule has 1 fully saturated rings. The number of hydroxylamine groups is 2. The van der Waals surface area contributed by atoms with E-state index in [1.54, 1.807) is 11.8 Å². The number of ether oxygens (including phenoxy) is 1. The third-order valence-electron chi connectivity index (χ3n) is 3.72. The summed E-state index contributed by atoms with van der Waals surface area (Å²) in [6, 6.07) is -0.878. The SMILES string of the molecule is CON(CCCSCCN)[C@@H]1O[C@H](CO)[C@@H](O)[C@H](O)[C@H]1NC(C)=O. The molecule has 1 amide bonds. The highest BCUT2D eigenvalue weighted by atomic mass is 32.2. The third-order valence-corrected chi connectivity index (χ3v) is 4.82.